The van der Waals surface area contributed by atoms with E-state index in [0.717, 1.165) is 37.6 Å². The number of carbonyl (C=O) groups is 1. The molecule has 1 fully saturated rings. The first kappa shape index (κ1) is 24.0. The second-order valence-electron chi connectivity index (χ2n) is 9.17. The first-order chi connectivity index (χ1) is 17.1. The van der Waals surface area contributed by atoms with E-state index in [9.17, 15) is 9.59 Å². The molecule has 2 bridgehead atoms. The van der Waals surface area contributed by atoms with Crippen LogP contribution in [0.4, 0.5) is 11.5 Å². The van der Waals surface area contributed by atoms with Crippen LogP contribution in [0, 0.1) is 5.92 Å². The van der Waals surface area contributed by atoms with E-state index < -0.39 is 0 Å². The maximum Gasteiger partial charge on any atom is 0.255 e. The van der Waals surface area contributed by atoms with E-state index in [1.54, 1.807) is 24.4 Å². The lowest BCUT2D eigenvalue weighted by atomic mass is 9.83. The van der Waals surface area contributed by atoms with E-state index in [-0.39, 0.29) is 23.9 Å². The third kappa shape index (κ3) is 4.35. The van der Waals surface area contributed by atoms with Crippen molar-refractivity contribution in [3.8, 4) is 17.2 Å². The number of hydrogen-bond donors (Lipinski definition) is 1. The molecule has 3 aromatic rings. The molecule has 6 rings (SSSR count). The van der Waals surface area contributed by atoms with E-state index in [0.29, 0.717) is 53.5 Å². The SMILES string of the molecule is COc1cc(C(=O)Nc2ccc(N3C[C@H]4C[C@@H](C3)c3cccc(=O)n3C4)nc2)cc2c1OCCO2.Cl. The molecule has 5 heterocycles. The smallest absolute Gasteiger partial charge is 0.255 e. The van der Waals surface area contributed by atoms with Gasteiger partial charge in [-0.15, -0.1) is 12.4 Å². The minimum absolute atomic E-state index is 0. The molecule has 1 amide bonds. The fourth-order valence-electron chi connectivity index (χ4n) is 5.34. The summed E-state index contributed by atoms with van der Waals surface area (Å²) in [5.41, 5.74) is 2.20. The second kappa shape index (κ2) is 9.73. The van der Waals surface area contributed by atoms with E-state index >= 15 is 0 Å². The first-order valence-corrected chi connectivity index (χ1v) is 11.8. The van der Waals surface area contributed by atoms with Crippen LogP contribution in [-0.4, -0.2) is 48.9 Å². The maximum atomic E-state index is 12.9. The van der Waals surface area contributed by atoms with Crippen molar-refractivity contribution in [1.82, 2.24) is 9.55 Å². The largest absolute Gasteiger partial charge is 0.493 e. The molecule has 2 atom stereocenters. The summed E-state index contributed by atoms with van der Waals surface area (Å²) in [4.78, 5) is 32.1. The zero-order valence-electron chi connectivity index (χ0n) is 19.8. The molecule has 0 radical (unpaired) electrons. The van der Waals surface area contributed by atoms with Crippen LogP contribution < -0.4 is 30.0 Å². The molecular formula is C26H27ClN4O5. The van der Waals surface area contributed by atoms with Gasteiger partial charge in [0.25, 0.3) is 11.5 Å². The number of rotatable bonds is 4. The van der Waals surface area contributed by atoms with E-state index in [2.05, 4.69) is 21.3 Å². The van der Waals surface area contributed by atoms with Crippen LogP contribution in [0.1, 0.15) is 28.4 Å². The molecule has 0 saturated carbocycles. The molecule has 10 heteroatoms. The van der Waals surface area contributed by atoms with Gasteiger partial charge in [0.15, 0.2) is 11.5 Å². The Labute approximate surface area is 214 Å². The van der Waals surface area contributed by atoms with Crippen LogP contribution in [0.3, 0.4) is 0 Å². The molecule has 1 N–H and O–H groups in total. The lowest BCUT2D eigenvalue weighted by Gasteiger charge is -2.43. The number of piperidine rings is 1. The van der Waals surface area contributed by atoms with Gasteiger partial charge in [-0.1, -0.05) is 6.07 Å². The van der Waals surface area contributed by atoms with Crippen LogP contribution in [0.5, 0.6) is 17.2 Å². The lowest BCUT2D eigenvalue weighted by Crippen LogP contribution is -2.47. The van der Waals surface area contributed by atoms with Crippen molar-refractivity contribution < 1.29 is 19.0 Å². The zero-order chi connectivity index (χ0) is 23.9. The van der Waals surface area contributed by atoms with Gasteiger partial charge in [0.2, 0.25) is 5.75 Å². The molecular weight excluding hydrogens is 484 g/mol. The molecule has 3 aliphatic rings. The van der Waals surface area contributed by atoms with Crippen molar-refractivity contribution in [2.45, 2.75) is 18.9 Å². The number of ether oxygens (including phenoxy) is 3. The summed E-state index contributed by atoms with van der Waals surface area (Å²) in [6, 6.07) is 12.6. The van der Waals surface area contributed by atoms with Crippen LogP contribution in [-0.2, 0) is 6.54 Å². The zero-order valence-corrected chi connectivity index (χ0v) is 20.6. The van der Waals surface area contributed by atoms with Crippen molar-refractivity contribution in [2.24, 2.45) is 5.92 Å². The Morgan fingerprint density at radius 3 is 2.78 bits per heavy atom. The molecule has 1 aromatic carbocycles. The van der Waals surface area contributed by atoms with Gasteiger partial charge in [-0.2, -0.15) is 0 Å². The Bertz CT molecular complexity index is 1330. The summed E-state index contributed by atoms with van der Waals surface area (Å²) < 4.78 is 18.5. The average molecular weight is 511 g/mol. The number of pyridine rings is 2. The minimum atomic E-state index is -0.288. The number of nitrogens with zero attached hydrogens (tertiary/aromatic N) is 3. The number of amides is 1. The van der Waals surface area contributed by atoms with Gasteiger partial charge in [-0.05, 0) is 42.7 Å². The number of fused-ring (bicyclic) bond motifs is 5. The van der Waals surface area contributed by atoms with Crippen molar-refractivity contribution in [2.75, 3.05) is 43.6 Å². The van der Waals surface area contributed by atoms with E-state index in [1.807, 2.05) is 22.8 Å². The standard InChI is InChI=1S/C26H26N4O5.ClH/c1-33-21-10-17(11-22-25(21)35-8-7-34-22)26(32)28-19-5-6-23(27-12-19)29-13-16-9-18(15-29)20-3-2-4-24(31)30(20)14-16;/h2-6,10-12,16,18H,7-9,13-15H2,1H3,(H,28,32);1H/t16-,18+;/m1./s1. The van der Waals surface area contributed by atoms with E-state index in [4.69, 9.17) is 14.2 Å². The molecule has 36 heavy (non-hydrogen) atoms. The summed E-state index contributed by atoms with van der Waals surface area (Å²) in [5, 5.41) is 2.90. The van der Waals surface area contributed by atoms with Crippen molar-refractivity contribution in [1.29, 1.82) is 0 Å². The normalized spacial score (nSPS) is 19.5. The second-order valence-corrected chi connectivity index (χ2v) is 9.17. The third-order valence-corrected chi connectivity index (χ3v) is 6.90. The highest BCUT2D eigenvalue weighted by atomic mass is 35.5. The number of halogens is 1. The monoisotopic (exact) mass is 510 g/mol. The molecule has 0 aliphatic carbocycles. The summed E-state index contributed by atoms with van der Waals surface area (Å²) in [6.07, 6.45) is 2.76. The molecule has 188 valence electrons. The van der Waals surface area contributed by atoms with Gasteiger partial charge in [-0.25, -0.2) is 4.98 Å². The van der Waals surface area contributed by atoms with Gasteiger partial charge in [0.05, 0.1) is 19.0 Å². The molecule has 3 aliphatic heterocycles. The van der Waals surface area contributed by atoms with Crippen molar-refractivity contribution in [3.63, 3.8) is 0 Å². The maximum absolute atomic E-state index is 12.9. The Morgan fingerprint density at radius 1 is 1.11 bits per heavy atom. The quantitative estimate of drug-likeness (QED) is 0.575. The predicted molar refractivity (Wildman–Crippen MR) is 137 cm³/mol. The third-order valence-electron chi connectivity index (χ3n) is 6.90. The van der Waals surface area contributed by atoms with Crippen LogP contribution in [0.25, 0.3) is 0 Å². The predicted octanol–water partition coefficient (Wildman–Crippen LogP) is 3.32. The Hall–Kier alpha value is -3.72. The number of aromatic nitrogens is 2. The number of hydrogen-bond acceptors (Lipinski definition) is 7. The number of benzene rings is 1. The number of anilines is 2. The van der Waals surface area contributed by atoms with E-state index in [1.165, 1.54) is 7.11 Å². The highest BCUT2D eigenvalue weighted by molar-refractivity contribution is 6.05. The van der Waals surface area contributed by atoms with Crippen LogP contribution >= 0.6 is 12.4 Å². The summed E-state index contributed by atoms with van der Waals surface area (Å²) >= 11 is 0. The summed E-state index contributed by atoms with van der Waals surface area (Å²) in [7, 11) is 1.53. The fourth-order valence-corrected chi connectivity index (χ4v) is 5.34. The fraction of sp³-hybridized carbons (Fsp3) is 0.346. The lowest BCUT2D eigenvalue weighted by molar-refractivity contribution is 0.102. The molecule has 1 saturated heterocycles. The van der Waals surface area contributed by atoms with Crippen LogP contribution in [0.2, 0.25) is 0 Å². The van der Waals surface area contributed by atoms with Gasteiger partial charge in [0, 0.05) is 42.9 Å². The topological polar surface area (TPSA) is 94.9 Å². The Kier molecular flexibility index (Phi) is 6.49. The van der Waals surface area contributed by atoms with Crippen molar-refractivity contribution in [3.05, 3.63) is 70.3 Å². The molecule has 2 aromatic heterocycles. The minimum Gasteiger partial charge on any atom is -0.493 e. The number of carbonyl (C=O) groups excluding carboxylic acids is 1. The highest BCUT2D eigenvalue weighted by Crippen LogP contribution is 2.40. The first-order valence-electron chi connectivity index (χ1n) is 11.8. The highest BCUT2D eigenvalue weighted by Gasteiger charge is 2.35. The van der Waals surface area contributed by atoms with Gasteiger partial charge >= 0.3 is 0 Å². The number of methoxy groups -OCH3 is 1. The van der Waals surface area contributed by atoms with Gasteiger partial charge in [0.1, 0.15) is 19.0 Å². The van der Waals surface area contributed by atoms with Crippen molar-refractivity contribution >= 4 is 29.8 Å². The summed E-state index contributed by atoms with van der Waals surface area (Å²) in [5.74, 6) is 2.76. The molecule has 0 unspecified atom stereocenters. The summed E-state index contributed by atoms with van der Waals surface area (Å²) in [6.45, 7) is 3.28. The van der Waals surface area contributed by atoms with Gasteiger partial charge in [-0.3, -0.25) is 9.59 Å². The number of nitrogens with one attached hydrogen (secondary N) is 1. The molecule has 0 spiro atoms. The Balaban J connectivity index is 0.00000267. The average Bonchev–Trinajstić information content (AvgIpc) is 2.89. The van der Waals surface area contributed by atoms with Crippen LogP contribution in [0.15, 0.2) is 53.5 Å². The molecule has 9 nitrogen and oxygen atoms in total. The van der Waals surface area contributed by atoms with Gasteiger partial charge < -0.3 is 29.0 Å². The Morgan fingerprint density at radius 2 is 1.97 bits per heavy atom.